The van der Waals surface area contributed by atoms with Crippen molar-refractivity contribution in [2.24, 2.45) is 0 Å². The van der Waals surface area contributed by atoms with E-state index in [0.717, 1.165) is 12.8 Å². The van der Waals surface area contributed by atoms with Crippen molar-refractivity contribution in [3.05, 3.63) is 35.4 Å². The highest BCUT2D eigenvalue weighted by Crippen LogP contribution is 2.33. The molecule has 0 heterocycles. The zero-order chi connectivity index (χ0) is 9.97. The van der Waals surface area contributed by atoms with Crippen molar-refractivity contribution < 1.29 is 4.79 Å². The number of Topliss-reactive ketones (excluding diaryl/α,β-unsaturated/α-hetero) is 1. The summed E-state index contributed by atoms with van der Waals surface area (Å²) in [5.74, 6) is 1.12. The summed E-state index contributed by atoms with van der Waals surface area (Å²) in [5.41, 5.74) is 2.43. The van der Waals surface area contributed by atoms with E-state index in [1.165, 1.54) is 11.1 Å². The molecule has 1 aromatic rings. The van der Waals surface area contributed by atoms with Crippen molar-refractivity contribution in [3.63, 3.8) is 0 Å². The fraction of sp³-hybridized carbons (Fsp3) is 0.417. The van der Waals surface area contributed by atoms with Gasteiger partial charge in [-0.05, 0) is 24.0 Å². The predicted molar refractivity (Wildman–Crippen MR) is 57.8 cm³/mol. The smallest absolute Gasteiger partial charge is 0.144 e. The van der Waals surface area contributed by atoms with Gasteiger partial charge < -0.3 is 0 Å². The SMILES string of the molecule is O=C1Cc2ccccc2C1CCCCl. The fourth-order valence-electron chi connectivity index (χ4n) is 2.12. The van der Waals surface area contributed by atoms with Crippen LogP contribution < -0.4 is 0 Å². The maximum absolute atomic E-state index is 11.7. The Labute approximate surface area is 89.1 Å². The number of ketones is 1. The number of benzene rings is 1. The van der Waals surface area contributed by atoms with E-state index in [-0.39, 0.29) is 5.92 Å². The van der Waals surface area contributed by atoms with Crippen LogP contribution in [0.5, 0.6) is 0 Å². The first-order valence-corrected chi connectivity index (χ1v) is 5.53. The van der Waals surface area contributed by atoms with E-state index in [9.17, 15) is 4.79 Å². The average Bonchev–Trinajstić information content (AvgIpc) is 2.51. The molecule has 74 valence electrons. The summed E-state index contributed by atoms with van der Waals surface area (Å²) in [6, 6.07) is 8.12. The second kappa shape index (κ2) is 4.14. The summed E-state index contributed by atoms with van der Waals surface area (Å²) < 4.78 is 0. The van der Waals surface area contributed by atoms with Crippen molar-refractivity contribution >= 4 is 17.4 Å². The molecule has 0 N–H and O–H groups in total. The standard InChI is InChI=1S/C12H13ClO/c13-7-3-6-11-10-5-2-1-4-9(10)8-12(11)14/h1-2,4-5,11H,3,6-8H2. The lowest BCUT2D eigenvalue weighted by atomic mass is 9.96. The Morgan fingerprint density at radius 2 is 2.14 bits per heavy atom. The van der Waals surface area contributed by atoms with Gasteiger partial charge in [0, 0.05) is 18.2 Å². The van der Waals surface area contributed by atoms with Gasteiger partial charge in [0.25, 0.3) is 0 Å². The van der Waals surface area contributed by atoms with Crippen LogP contribution in [0.2, 0.25) is 0 Å². The Bertz CT molecular complexity index is 346. The monoisotopic (exact) mass is 208 g/mol. The van der Waals surface area contributed by atoms with Crippen LogP contribution in [0.25, 0.3) is 0 Å². The largest absolute Gasteiger partial charge is 0.299 e. The van der Waals surface area contributed by atoms with E-state index in [2.05, 4.69) is 6.07 Å². The minimum absolute atomic E-state index is 0.116. The fourth-order valence-corrected chi connectivity index (χ4v) is 2.27. The minimum atomic E-state index is 0.116. The van der Waals surface area contributed by atoms with Crippen LogP contribution >= 0.6 is 11.6 Å². The minimum Gasteiger partial charge on any atom is -0.299 e. The van der Waals surface area contributed by atoms with Crippen molar-refractivity contribution in [1.29, 1.82) is 0 Å². The lowest BCUT2D eigenvalue weighted by molar-refractivity contribution is -0.119. The van der Waals surface area contributed by atoms with Crippen LogP contribution in [0.15, 0.2) is 24.3 Å². The molecule has 0 radical (unpaired) electrons. The molecule has 2 heteroatoms. The molecule has 0 saturated carbocycles. The Morgan fingerprint density at radius 1 is 1.36 bits per heavy atom. The lowest BCUT2D eigenvalue weighted by Gasteiger charge is -2.08. The predicted octanol–water partition coefficient (Wildman–Crippen LogP) is 2.91. The number of hydrogen-bond donors (Lipinski definition) is 0. The first-order valence-electron chi connectivity index (χ1n) is 4.99. The normalized spacial score (nSPS) is 19.8. The number of carbonyl (C=O) groups excluding carboxylic acids is 1. The summed E-state index contributed by atoms with van der Waals surface area (Å²) in [6.45, 7) is 0. The number of rotatable bonds is 3. The van der Waals surface area contributed by atoms with E-state index >= 15 is 0 Å². The van der Waals surface area contributed by atoms with E-state index in [1.54, 1.807) is 0 Å². The molecule has 1 unspecified atom stereocenters. The van der Waals surface area contributed by atoms with Gasteiger partial charge in [0.15, 0.2) is 0 Å². The van der Waals surface area contributed by atoms with Gasteiger partial charge >= 0.3 is 0 Å². The van der Waals surface area contributed by atoms with Crippen LogP contribution in [0.1, 0.15) is 29.9 Å². The topological polar surface area (TPSA) is 17.1 Å². The number of hydrogen-bond acceptors (Lipinski definition) is 1. The second-order valence-corrected chi connectivity index (χ2v) is 4.10. The molecule has 14 heavy (non-hydrogen) atoms. The van der Waals surface area contributed by atoms with Crippen LogP contribution in [-0.4, -0.2) is 11.7 Å². The molecule has 0 aliphatic heterocycles. The number of halogens is 1. The first kappa shape index (κ1) is 9.72. The first-order chi connectivity index (χ1) is 6.83. The van der Waals surface area contributed by atoms with Gasteiger partial charge in [0.1, 0.15) is 5.78 Å². The second-order valence-electron chi connectivity index (χ2n) is 3.73. The molecule has 1 aliphatic rings. The summed E-state index contributed by atoms with van der Waals surface area (Å²) >= 11 is 5.64. The van der Waals surface area contributed by atoms with Crippen LogP contribution in [-0.2, 0) is 11.2 Å². The third kappa shape index (κ3) is 1.69. The van der Waals surface area contributed by atoms with Gasteiger partial charge in [0.05, 0.1) is 0 Å². The van der Waals surface area contributed by atoms with E-state index in [1.807, 2.05) is 18.2 Å². The van der Waals surface area contributed by atoms with Crippen molar-refractivity contribution in [3.8, 4) is 0 Å². The molecule has 0 spiro atoms. The maximum Gasteiger partial charge on any atom is 0.144 e. The zero-order valence-electron chi connectivity index (χ0n) is 8.00. The molecule has 1 atom stereocenters. The molecule has 0 amide bonds. The van der Waals surface area contributed by atoms with Gasteiger partial charge in [-0.1, -0.05) is 24.3 Å². The molecule has 0 aromatic heterocycles. The molecular formula is C12H13ClO. The highest BCUT2D eigenvalue weighted by atomic mass is 35.5. The zero-order valence-corrected chi connectivity index (χ0v) is 8.76. The molecule has 1 aromatic carbocycles. The van der Waals surface area contributed by atoms with Gasteiger partial charge in [0.2, 0.25) is 0 Å². The molecule has 2 rings (SSSR count). The lowest BCUT2D eigenvalue weighted by Crippen LogP contribution is -2.06. The Hall–Kier alpha value is -0.820. The van der Waals surface area contributed by atoms with E-state index < -0.39 is 0 Å². The number of alkyl halides is 1. The van der Waals surface area contributed by atoms with Crippen LogP contribution in [0, 0.1) is 0 Å². The summed E-state index contributed by atoms with van der Waals surface area (Å²) in [5, 5.41) is 0. The molecule has 1 aliphatic carbocycles. The highest BCUT2D eigenvalue weighted by molar-refractivity contribution is 6.17. The average molecular weight is 209 g/mol. The third-order valence-corrected chi connectivity index (χ3v) is 3.08. The van der Waals surface area contributed by atoms with Crippen molar-refractivity contribution in [2.75, 3.05) is 5.88 Å². The Kier molecular flexibility index (Phi) is 2.87. The molecule has 0 fully saturated rings. The maximum atomic E-state index is 11.7. The molecule has 0 bridgehead atoms. The third-order valence-electron chi connectivity index (χ3n) is 2.81. The van der Waals surface area contributed by atoms with Gasteiger partial charge in [-0.3, -0.25) is 4.79 Å². The summed E-state index contributed by atoms with van der Waals surface area (Å²) in [6.07, 6.45) is 2.44. The highest BCUT2D eigenvalue weighted by Gasteiger charge is 2.29. The van der Waals surface area contributed by atoms with Gasteiger partial charge in [-0.15, -0.1) is 11.6 Å². The summed E-state index contributed by atoms with van der Waals surface area (Å²) in [7, 11) is 0. The number of fused-ring (bicyclic) bond motifs is 1. The van der Waals surface area contributed by atoms with Crippen LogP contribution in [0.3, 0.4) is 0 Å². The Morgan fingerprint density at radius 3 is 2.93 bits per heavy atom. The van der Waals surface area contributed by atoms with Gasteiger partial charge in [-0.25, -0.2) is 0 Å². The quantitative estimate of drug-likeness (QED) is 0.699. The van der Waals surface area contributed by atoms with Crippen molar-refractivity contribution in [1.82, 2.24) is 0 Å². The molecule has 1 nitrogen and oxygen atoms in total. The van der Waals surface area contributed by atoms with Gasteiger partial charge in [-0.2, -0.15) is 0 Å². The van der Waals surface area contributed by atoms with Crippen molar-refractivity contribution in [2.45, 2.75) is 25.2 Å². The number of carbonyl (C=O) groups is 1. The van der Waals surface area contributed by atoms with Crippen LogP contribution in [0.4, 0.5) is 0 Å². The van der Waals surface area contributed by atoms with E-state index in [0.29, 0.717) is 18.1 Å². The summed E-state index contributed by atoms with van der Waals surface area (Å²) in [4.78, 5) is 11.7. The molecule has 0 saturated heterocycles. The van der Waals surface area contributed by atoms with E-state index in [4.69, 9.17) is 11.6 Å². The Balaban J connectivity index is 2.21. The molecular weight excluding hydrogens is 196 g/mol.